The molecule has 8 heteroatoms. The van der Waals surface area contributed by atoms with E-state index in [4.69, 9.17) is 11.6 Å². The van der Waals surface area contributed by atoms with Crippen molar-refractivity contribution >= 4 is 56.4 Å². The Balaban J connectivity index is 1.81. The number of para-hydroxylation sites is 2. The molecule has 1 atom stereocenters. The number of nitrogens with one attached hydrogen (secondary N) is 2. The Morgan fingerprint density at radius 1 is 0.968 bits per heavy atom. The summed E-state index contributed by atoms with van der Waals surface area (Å²) >= 11 is 6.43. The maximum absolute atomic E-state index is 12.9. The van der Waals surface area contributed by atoms with Crippen molar-refractivity contribution in [2.45, 2.75) is 12.6 Å². The Kier molecular flexibility index (Phi) is 4.66. The Bertz CT molecular complexity index is 1400. The summed E-state index contributed by atoms with van der Waals surface area (Å²) in [5.74, 6) is -0.963. The third kappa shape index (κ3) is 3.06. The fourth-order valence-corrected chi connectivity index (χ4v) is 4.47. The molecule has 156 valence electrons. The number of aliphatic hydroxyl groups excluding tert-OH is 2. The quantitative estimate of drug-likeness (QED) is 0.361. The molecule has 0 saturated heterocycles. The lowest BCUT2D eigenvalue weighted by Gasteiger charge is -2.10. The normalized spacial score (nSPS) is 15.3. The van der Waals surface area contributed by atoms with Gasteiger partial charge < -0.3 is 19.8 Å². The molecule has 2 aromatic heterocycles. The summed E-state index contributed by atoms with van der Waals surface area (Å²) in [4.78, 5) is 28.9. The number of carbonyl (C=O) groups is 2. The van der Waals surface area contributed by atoms with E-state index in [-0.39, 0.29) is 17.7 Å². The maximum atomic E-state index is 12.9. The largest absolute Gasteiger partial charge is 0.394 e. The topological polar surface area (TPSA) is 107 Å². The van der Waals surface area contributed by atoms with Crippen molar-refractivity contribution in [2.75, 3.05) is 6.61 Å². The van der Waals surface area contributed by atoms with Crippen LogP contribution < -0.4 is 5.32 Å². The lowest BCUT2D eigenvalue weighted by Crippen LogP contribution is -2.22. The fourth-order valence-electron chi connectivity index (χ4n) is 4.19. The van der Waals surface area contributed by atoms with E-state index < -0.39 is 24.5 Å². The molecular formula is C23H18ClN3O4. The van der Waals surface area contributed by atoms with E-state index in [2.05, 4.69) is 10.3 Å². The number of aromatic amines is 1. The standard InChI is InChI=1S/C23H18ClN3O4/c24-17-6-3-5-14-16(10-27(21(14)17)9-12(29)11-28)20-19(22(30)26-23(20)31)15-8-25-18-7-2-1-4-13(15)18/h1-8,10,12,25,28-29H,9,11H2,(H,26,30,31). The number of hydrogen-bond acceptors (Lipinski definition) is 4. The molecule has 7 nitrogen and oxygen atoms in total. The van der Waals surface area contributed by atoms with Crippen LogP contribution in [0.3, 0.4) is 0 Å². The third-order valence-electron chi connectivity index (χ3n) is 5.53. The monoisotopic (exact) mass is 435 g/mol. The van der Waals surface area contributed by atoms with E-state index in [1.54, 1.807) is 29.1 Å². The summed E-state index contributed by atoms with van der Waals surface area (Å²) in [5.41, 5.74) is 3.17. The van der Waals surface area contributed by atoms with Crippen LogP contribution in [0.2, 0.25) is 5.02 Å². The van der Waals surface area contributed by atoms with Gasteiger partial charge in [-0.25, -0.2) is 0 Å². The summed E-state index contributed by atoms with van der Waals surface area (Å²) in [6, 6.07) is 12.8. The molecule has 2 aromatic carbocycles. The smallest absolute Gasteiger partial charge is 0.259 e. The van der Waals surface area contributed by atoms with Gasteiger partial charge in [-0.3, -0.25) is 14.9 Å². The molecule has 4 N–H and O–H groups in total. The van der Waals surface area contributed by atoms with Crippen molar-refractivity contribution in [2.24, 2.45) is 0 Å². The number of fused-ring (bicyclic) bond motifs is 2. The van der Waals surface area contributed by atoms with Crippen LogP contribution >= 0.6 is 11.6 Å². The van der Waals surface area contributed by atoms with Crippen molar-refractivity contribution in [3.05, 3.63) is 71.0 Å². The van der Waals surface area contributed by atoms with Crippen LogP contribution in [0.4, 0.5) is 0 Å². The van der Waals surface area contributed by atoms with E-state index in [0.29, 0.717) is 27.1 Å². The molecule has 4 aromatic rings. The van der Waals surface area contributed by atoms with Crippen molar-refractivity contribution in [1.82, 2.24) is 14.9 Å². The number of imide groups is 1. The first-order valence-corrected chi connectivity index (χ1v) is 10.1. The minimum absolute atomic E-state index is 0.0853. The van der Waals surface area contributed by atoms with Gasteiger partial charge in [0.25, 0.3) is 11.8 Å². The maximum Gasteiger partial charge on any atom is 0.259 e. The van der Waals surface area contributed by atoms with E-state index >= 15 is 0 Å². The number of aromatic nitrogens is 2. The number of carbonyl (C=O) groups excluding carboxylic acids is 2. The van der Waals surface area contributed by atoms with Crippen molar-refractivity contribution in [3.63, 3.8) is 0 Å². The predicted molar refractivity (Wildman–Crippen MR) is 118 cm³/mol. The number of benzene rings is 2. The van der Waals surface area contributed by atoms with Gasteiger partial charge in [0, 0.05) is 39.8 Å². The van der Waals surface area contributed by atoms with E-state index in [1.807, 2.05) is 30.3 Å². The first kappa shape index (κ1) is 19.6. The van der Waals surface area contributed by atoms with Gasteiger partial charge in [0.05, 0.1) is 40.9 Å². The highest BCUT2D eigenvalue weighted by Gasteiger charge is 2.35. The SMILES string of the molecule is O=C1NC(=O)C(c2cn(CC(O)CO)c3c(Cl)cccc23)=C1c1c[nH]c2ccccc12. The molecular weight excluding hydrogens is 418 g/mol. The van der Waals surface area contributed by atoms with Gasteiger partial charge in [-0.1, -0.05) is 41.9 Å². The first-order valence-electron chi connectivity index (χ1n) is 9.72. The van der Waals surface area contributed by atoms with Gasteiger partial charge in [-0.2, -0.15) is 0 Å². The molecule has 5 rings (SSSR count). The zero-order valence-corrected chi connectivity index (χ0v) is 17.0. The second-order valence-corrected chi connectivity index (χ2v) is 7.86. The van der Waals surface area contributed by atoms with E-state index in [1.165, 1.54) is 0 Å². The predicted octanol–water partition coefficient (Wildman–Crippen LogP) is 2.70. The molecule has 2 amide bonds. The molecule has 31 heavy (non-hydrogen) atoms. The number of hydrogen-bond donors (Lipinski definition) is 4. The average Bonchev–Trinajstić information content (AvgIpc) is 3.41. The molecule has 0 spiro atoms. The summed E-state index contributed by atoms with van der Waals surface area (Å²) in [6.07, 6.45) is 2.42. The Morgan fingerprint density at radius 3 is 2.45 bits per heavy atom. The van der Waals surface area contributed by atoms with Crippen LogP contribution in [0.1, 0.15) is 11.1 Å². The Morgan fingerprint density at radius 2 is 1.68 bits per heavy atom. The zero-order chi connectivity index (χ0) is 21.7. The van der Waals surface area contributed by atoms with Crippen molar-refractivity contribution in [1.29, 1.82) is 0 Å². The Labute approximate surface area is 181 Å². The highest BCUT2D eigenvalue weighted by molar-refractivity contribution is 6.51. The average molecular weight is 436 g/mol. The van der Waals surface area contributed by atoms with Gasteiger partial charge in [0.15, 0.2) is 0 Å². The minimum Gasteiger partial charge on any atom is -0.394 e. The van der Waals surface area contributed by atoms with Crippen molar-refractivity contribution in [3.8, 4) is 0 Å². The zero-order valence-electron chi connectivity index (χ0n) is 16.2. The third-order valence-corrected chi connectivity index (χ3v) is 5.83. The van der Waals surface area contributed by atoms with Crippen LogP contribution in [0.5, 0.6) is 0 Å². The van der Waals surface area contributed by atoms with E-state index in [9.17, 15) is 19.8 Å². The molecule has 1 unspecified atom stereocenters. The summed E-state index contributed by atoms with van der Waals surface area (Å²) < 4.78 is 1.70. The highest BCUT2D eigenvalue weighted by Crippen LogP contribution is 2.39. The number of H-pyrrole nitrogens is 1. The second-order valence-electron chi connectivity index (χ2n) is 7.45. The lowest BCUT2D eigenvalue weighted by atomic mass is 9.95. The van der Waals surface area contributed by atoms with Crippen molar-refractivity contribution < 1.29 is 19.8 Å². The van der Waals surface area contributed by atoms with Crippen LogP contribution in [0, 0.1) is 0 Å². The lowest BCUT2D eigenvalue weighted by molar-refractivity contribution is -0.122. The van der Waals surface area contributed by atoms with Gasteiger partial charge in [-0.15, -0.1) is 0 Å². The highest BCUT2D eigenvalue weighted by atomic mass is 35.5. The molecule has 0 fully saturated rings. The fraction of sp³-hybridized carbons (Fsp3) is 0.130. The summed E-state index contributed by atoms with van der Waals surface area (Å²) in [6.45, 7) is -0.330. The minimum atomic E-state index is -0.999. The molecule has 0 saturated carbocycles. The number of aliphatic hydroxyl groups is 2. The van der Waals surface area contributed by atoms with Crippen LogP contribution in [0.15, 0.2) is 54.9 Å². The van der Waals surface area contributed by atoms with Gasteiger partial charge in [0.1, 0.15) is 0 Å². The second kappa shape index (κ2) is 7.39. The molecule has 0 radical (unpaired) electrons. The number of amides is 2. The number of nitrogens with zero attached hydrogens (tertiary/aromatic N) is 1. The summed E-state index contributed by atoms with van der Waals surface area (Å²) in [5, 5.41) is 23.6. The molecule has 0 bridgehead atoms. The van der Waals surface area contributed by atoms with Gasteiger partial charge in [0.2, 0.25) is 0 Å². The van der Waals surface area contributed by atoms with Crippen LogP contribution in [-0.4, -0.2) is 44.3 Å². The van der Waals surface area contributed by atoms with Gasteiger partial charge in [-0.05, 0) is 12.1 Å². The molecule has 3 heterocycles. The number of halogens is 1. The molecule has 1 aliphatic heterocycles. The first-order chi connectivity index (χ1) is 15.0. The Hall–Kier alpha value is -3.39. The molecule has 0 aliphatic carbocycles. The number of rotatable bonds is 5. The van der Waals surface area contributed by atoms with E-state index in [0.717, 1.165) is 10.9 Å². The van der Waals surface area contributed by atoms with Crippen LogP contribution in [0.25, 0.3) is 33.0 Å². The van der Waals surface area contributed by atoms with Gasteiger partial charge >= 0.3 is 0 Å². The summed E-state index contributed by atoms with van der Waals surface area (Å²) in [7, 11) is 0. The van der Waals surface area contributed by atoms with Crippen LogP contribution in [-0.2, 0) is 16.1 Å². The molecule has 1 aliphatic rings.